The topological polar surface area (TPSA) is 50.4 Å². The molecule has 0 bridgehead atoms. The minimum absolute atomic E-state index is 0.155. The lowest BCUT2D eigenvalue weighted by Gasteiger charge is -1.95. The highest BCUT2D eigenvalue weighted by Gasteiger charge is 2.12. The summed E-state index contributed by atoms with van der Waals surface area (Å²) in [5.41, 5.74) is 0.328. The van der Waals surface area contributed by atoms with E-state index in [-0.39, 0.29) is 5.39 Å². The fourth-order valence-electron chi connectivity index (χ4n) is 1.04. The van der Waals surface area contributed by atoms with Crippen LogP contribution in [0.5, 0.6) is 0 Å². The first kappa shape index (κ1) is 12.6. The molecule has 86 valence electrons. The predicted octanol–water partition coefficient (Wildman–Crippen LogP) is 3.56. The highest BCUT2D eigenvalue weighted by Crippen LogP contribution is 2.28. The lowest BCUT2D eigenvalue weighted by atomic mass is 10.2. The van der Waals surface area contributed by atoms with Crippen molar-refractivity contribution < 1.29 is 23.1 Å². The molecule has 1 heterocycles. The third-order valence-electron chi connectivity index (χ3n) is 1.58. The summed E-state index contributed by atoms with van der Waals surface area (Å²) in [7, 11) is 0. The average molecular weight is 293 g/mol. The minimum Gasteiger partial charge on any atom is -0.481 e. The molecule has 16 heavy (non-hydrogen) atoms. The number of benzene rings is 1. The van der Waals surface area contributed by atoms with Crippen molar-refractivity contribution in [3.63, 3.8) is 0 Å². The molecular weight excluding hydrogens is 286 g/mol. The van der Waals surface area contributed by atoms with Crippen LogP contribution in [-0.2, 0) is 4.79 Å². The molecule has 0 radical (unpaired) electrons. The first-order valence-electron chi connectivity index (χ1n) is 4.13. The molecule has 1 aromatic heterocycles. The molecule has 0 aliphatic rings. The Morgan fingerprint density at radius 1 is 1.50 bits per heavy atom. The smallest absolute Gasteiger partial charge is 0.300 e. The zero-order chi connectivity index (χ0) is 12.3. The summed E-state index contributed by atoms with van der Waals surface area (Å²) in [6, 6.07) is 2.43. The summed E-state index contributed by atoms with van der Waals surface area (Å²) in [4.78, 5) is 9.00. The number of halogens is 3. The zero-order valence-electron chi connectivity index (χ0n) is 8.13. The van der Waals surface area contributed by atoms with Crippen molar-refractivity contribution in [2.75, 3.05) is 0 Å². The molecule has 0 fully saturated rings. The van der Waals surface area contributed by atoms with Gasteiger partial charge in [0.2, 0.25) is 0 Å². The highest BCUT2D eigenvalue weighted by atomic mass is 79.9. The number of carbonyl (C=O) groups is 1. The fourth-order valence-corrected chi connectivity index (χ4v) is 1.54. The van der Waals surface area contributed by atoms with Crippen molar-refractivity contribution in [1.29, 1.82) is 0 Å². The summed E-state index contributed by atoms with van der Waals surface area (Å²) in [5.74, 6) is -2.59. The van der Waals surface area contributed by atoms with Crippen LogP contribution in [0.25, 0.3) is 11.0 Å². The van der Waals surface area contributed by atoms with Crippen LogP contribution < -0.4 is 0 Å². The SMILES string of the molecule is CC(=O)O.Fc1cc(Br)c2occc2c1F. The van der Waals surface area contributed by atoms with Crippen molar-refractivity contribution in [1.82, 2.24) is 0 Å². The van der Waals surface area contributed by atoms with E-state index >= 15 is 0 Å². The van der Waals surface area contributed by atoms with Crippen LogP contribution in [0.4, 0.5) is 8.78 Å². The van der Waals surface area contributed by atoms with E-state index in [2.05, 4.69) is 15.9 Å². The number of carboxylic acid groups (broad SMARTS) is 1. The van der Waals surface area contributed by atoms with Crippen LogP contribution in [0.1, 0.15) is 6.92 Å². The largest absolute Gasteiger partial charge is 0.481 e. The maximum Gasteiger partial charge on any atom is 0.300 e. The Balaban J connectivity index is 0.000000280. The van der Waals surface area contributed by atoms with Crippen molar-refractivity contribution in [3.8, 4) is 0 Å². The van der Waals surface area contributed by atoms with Gasteiger partial charge in [0.05, 0.1) is 16.1 Å². The molecule has 2 aromatic rings. The standard InChI is InChI=1S/C8H3BrF2O.C2H4O2/c9-5-3-6(10)7(11)4-1-2-12-8(4)5;1-2(3)4/h1-3H;1H3,(H,3,4). The highest BCUT2D eigenvalue weighted by molar-refractivity contribution is 9.10. The van der Waals surface area contributed by atoms with Gasteiger partial charge < -0.3 is 9.52 Å². The first-order chi connectivity index (χ1) is 7.43. The van der Waals surface area contributed by atoms with E-state index in [9.17, 15) is 8.78 Å². The molecule has 0 saturated carbocycles. The van der Waals surface area contributed by atoms with Crippen LogP contribution >= 0.6 is 15.9 Å². The third-order valence-corrected chi connectivity index (χ3v) is 2.17. The van der Waals surface area contributed by atoms with Gasteiger partial charge in [-0.3, -0.25) is 4.79 Å². The summed E-state index contributed by atoms with van der Waals surface area (Å²) in [6.45, 7) is 1.08. The van der Waals surface area contributed by atoms with Crippen LogP contribution in [-0.4, -0.2) is 11.1 Å². The van der Waals surface area contributed by atoms with Gasteiger partial charge in [-0.2, -0.15) is 0 Å². The zero-order valence-corrected chi connectivity index (χ0v) is 9.72. The summed E-state index contributed by atoms with van der Waals surface area (Å²) in [6.07, 6.45) is 1.32. The molecule has 0 amide bonds. The Labute approximate surface area is 97.8 Å². The van der Waals surface area contributed by atoms with Gasteiger partial charge in [0.1, 0.15) is 0 Å². The number of rotatable bonds is 0. The molecule has 1 aromatic carbocycles. The number of aliphatic carboxylic acids is 1. The van der Waals surface area contributed by atoms with Crippen molar-refractivity contribution in [3.05, 3.63) is 34.5 Å². The van der Waals surface area contributed by atoms with E-state index in [0.29, 0.717) is 10.1 Å². The van der Waals surface area contributed by atoms with E-state index < -0.39 is 17.6 Å². The van der Waals surface area contributed by atoms with Crippen LogP contribution in [0, 0.1) is 11.6 Å². The maximum atomic E-state index is 13.0. The average Bonchev–Trinajstić information content (AvgIpc) is 2.62. The summed E-state index contributed by atoms with van der Waals surface area (Å²) in [5, 5.41) is 7.57. The number of hydrogen-bond acceptors (Lipinski definition) is 2. The predicted molar refractivity (Wildman–Crippen MR) is 57.1 cm³/mol. The van der Waals surface area contributed by atoms with Gasteiger partial charge in [-0.15, -0.1) is 0 Å². The van der Waals surface area contributed by atoms with Gasteiger partial charge >= 0.3 is 0 Å². The molecular formula is C10H7BrF2O3. The van der Waals surface area contributed by atoms with Crippen molar-refractivity contribution >= 4 is 32.9 Å². The number of hydrogen-bond donors (Lipinski definition) is 1. The summed E-state index contributed by atoms with van der Waals surface area (Å²) >= 11 is 3.06. The third kappa shape index (κ3) is 2.79. The van der Waals surface area contributed by atoms with Gasteiger partial charge in [0.15, 0.2) is 17.2 Å². The second-order valence-electron chi connectivity index (χ2n) is 2.84. The number of fused-ring (bicyclic) bond motifs is 1. The Morgan fingerprint density at radius 3 is 2.62 bits per heavy atom. The Hall–Kier alpha value is -1.43. The Morgan fingerprint density at radius 2 is 2.06 bits per heavy atom. The molecule has 0 aliphatic carbocycles. The summed E-state index contributed by atoms with van der Waals surface area (Å²) < 4.78 is 31.0. The van der Waals surface area contributed by atoms with Gasteiger partial charge in [-0.05, 0) is 28.1 Å². The Bertz CT molecular complexity index is 518. The van der Waals surface area contributed by atoms with Gasteiger partial charge in [0, 0.05) is 6.92 Å². The second kappa shape index (κ2) is 5.07. The fraction of sp³-hybridized carbons (Fsp3) is 0.100. The van der Waals surface area contributed by atoms with E-state index in [1.54, 1.807) is 0 Å². The molecule has 0 saturated heterocycles. The maximum absolute atomic E-state index is 13.0. The molecule has 0 unspecified atom stereocenters. The quantitative estimate of drug-likeness (QED) is 0.755. The van der Waals surface area contributed by atoms with Crippen molar-refractivity contribution in [2.24, 2.45) is 0 Å². The van der Waals surface area contributed by atoms with Gasteiger partial charge in [-0.25, -0.2) is 8.78 Å². The van der Waals surface area contributed by atoms with E-state index in [1.165, 1.54) is 12.3 Å². The van der Waals surface area contributed by atoms with Crippen LogP contribution in [0.2, 0.25) is 0 Å². The van der Waals surface area contributed by atoms with E-state index in [4.69, 9.17) is 14.3 Å². The van der Waals surface area contributed by atoms with Crippen molar-refractivity contribution in [2.45, 2.75) is 6.92 Å². The molecule has 1 N–H and O–H groups in total. The molecule has 0 spiro atoms. The minimum atomic E-state index is -0.879. The lowest BCUT2D eigenvalue weighted by Crippen LogP contribution is -1.83. The van der Waals surface area contributed by atoms with E-state index in [0.717, 1.165) is 13.0 Å². The van der Waals surface area contributed by atoms with E-state index in [1.807, 2.05) is 0 Å². The van der Waals surface area contributed by atoms with Gasteiger partial charge in [0.25, 0.3) is 5.97 Å². The normalized spacial score (nSPS) is 9.75. The molecule has 6 heteroatoms. The monoisotopic (exact) mass is 292 g/mol. The number of furan rings is 1. The lowest BCUT2D eigenvalue weighted by molar-refractivity contribution is -0.134. The second-order valence-corrected chi connectivity index (χ2v) is 3.69. The van der Waals surface area contributed by atoms with Crippen LogP contribution in [0.15, 0.2) is 27.3 Å². The number of carboxylic acids is 1. The Kier molecular flexibility index (Phi) is 4.00. The van der Waals surface area contributed by atoms with Gasteiger partial charge in [-0.1, -0.05) is 0 Å². The molecule has 0 aliphatic heterocycles. The molecule has 2 rings (SSSR count). The van der Waals surface area contributed by atoms with Crippen LogP contribution in [0.3, 0.4) is 0 Å². The first-order valence-corrected chi connectivity index (χ1v) is 4.93. The molecule has 0 atom stereocenters. The molecule has 3 nitrogen and oxygen atoms in total.